The maximum atomic E-state index is 11.6. The van der Waals surface area contributed by atoms with E-state index in [0.717, 1.165) is 37.9 Å². The third-order valence-electron chi connectivity index (χ3n) is 6.72. The minimum absolute atomic E-state index is 0.00138. The van der Waals surface area contributed by atoms with Crippen molar-refractivity contribution >= 4 is 11.5 Å². The molecule has 3 aliphatic rings. The molecule has 0 saturated heterocycles. The number of carbonyl (C=O) groups is 1. The first-order valence-corrected chi connectivity index (χ1v) is 9.78. The van der Waals surface area contributed by atoms with Gasteiger partial charge in [-0.3, -0.25) is 4.79 Å². The largest absolute Gasteiger partial charge is 0.497 e. The molecule has 0 aromatic heterocycles. The Labute approximate surface area is 156 Å². The van der Waals surface area contributed by atoms with Crippen LogP contribution in [0.5, 0.6) is 5.75 Å². The second-order valence-electron chi connectivity index (χ2n) is 7.98. The molecule has 0 saturated carbocycles. The Hall–Kier alpha value is -2.03. The molecule has 0 N–H and O–H groups in total. The first-order valence-electron chi connectivity index (χ1n) is 9.78. The molecule has 0 aliphatic heterocycles. The van der Waals surface area contributed by atoms with Gasteiger partial charge in [0, 0.05) is 18.8 Å². The number of allylic oxidation sites excluding steroid dienone is 2. The summed E-state index contributed by atoms with van der Waals surface area (Å²) in [4.78, 5) is 11.6. The van der Waals surface area contributed by atoms with Crippen LogP contribution in [0.15, 0.2) is 35.4 Å². The Morgan fingerprint density at radius 3 is 2.85 bits per heavy atom. The van der Waals surface area contributed by atoms with E-state index < -0.39 is 0 Å². The van der Waals surface area contributed by atoms with Gasteiger partial charge in [0.1, 0.15) is 11.9 Å². The average molecular weight is 352 g/mol. The van der Waals surface area contributed by atoms with Crippen LogP contribution in [0.1, 0.15) is 57.6 Å². The first kappa shape index (κ1) is 17.4. The molecule has 3 nitrogen and oxygen atoms in total. The van der Waals surface area contributed by atoms with E-state index in [4.69, 9.17) is 9.47 Å². The lowest BCUT2D eigenvalue weighted by molar-refractivity contribution is -0.151. The highest BCUT2D eigenvalue weighted by atomic mass is 16.5. The summed E-state index contributed by atoms with van der Waals surface area (Å²) < 4.78 is 11.2. The lowest BCUT2D eigenvalue weighted by Gasteiger charge is -2.45. The fourth-order valence-corrected chi connectivity index (χ4v) is 5.54. The Morgan fingerprint density at radius 2 is 2.15 bits per heavy atom. The van der Waals surface area contributed by atoms with E-state index in [1.54, 1.807) is 7.11 Å². The van der Waals surface area contributed by atoms with E-state index in [9.17, 15) is 4.79 Å². The lowest BCUT2D eigenvalue weighted by atomic mass is 9.61. The van der Waals surface area contributed by atoms with Crippen molar-refractivity contribution < 1.29 is 14.3 Å². The maximum Gasteiger partial charge on any atom is 0.302 e. The number of hydrogen-bond acceptors (Lipinski definition) is 3. The fourth-order valence-electron chi connectivity index (χ4n) is 5.54. The van der Waals surface area contributed by atoms with Crippen LogP contribution in [0.4, 0.5) is 0 Å². The number of hydrogen-bond donors (Lipinski definition) is 0. The molecule has 0 amide bonds. The van der Waals surface area contributed by atoms with Crippen molar-refractivity contribution in [2.45, 2.75) is 59.0 Å². The van der Waals surface area contributed by atoms with E-state index >= 15 is 0 Å². The summed E-state index contributed by atoms with van der Waals surface area (Å²) in [6, 6.07) is 6.50. The zero-order chi connectivity index (χ0) is 18.5. The number of carbonyl (C=O) groups excluding carboxylic acids is 1. The summed E-state index contributed by atoms with van der Waals surface area (Å²) in [5.74, 6) is 1.26. The normalized spacial score (nSPS) is 29.5. The highest BCUT2D eigenvalue weighted by molar-refractivity contribution is 5.80. The molecule has 3 aliphatic carbocycles. The molecule has 4 rings (SSSR count). The van der Waals surface area contributed by atoms with Crippen molar-refractivity contribution in [3.05, 3.63) is 46.5 Å². The van der Waals surface area contributed by atoms with Crippen LogP contribution in [0.3, 0.4) is 0 Å². The van der Waals surface area contributed by atoms with Crippen molar-refractivity contribution in [3.63, 3.8) is 0 Å². The van der Waals surface area contributed by atoms with Crippen molar-refractivity contribution in [2.75, 3.05) is 7.11 Å². The summed E-state index contributed by atoms with van der Waals surface area (Å²) in [6.45, 7) is 6.11. The van der Waals surface area contributed by atoms with Crippen LogP contribution in [-0.4, -0.2) is 19.2 Å². The molecule has 0 bridgehead atoms. The van der Waals surface area contributed by atoms with Gasteiger partial charge in [0.05, 0.1) is 7.11 Å². The fraction of sp³-hybridized carbons (Fsp3) is 0.522. The van der Waals surface area contributed by atoms with E-state index in [1.807, 2.05) is 0 Å². The number of esters is 1. The van der Waals surface area contributed by atoms with Crippen molar-refractivity contribution in [2.24, 2.45) is 11.3 Å². The van der Waals surface area contributed by atoms with Crippen LogP contribution >= 0.6 is 0 Å². The number of ether oxygens (including phenoxy) is 2. The summed E-state index contributed by atoms with van der Waals surface area (Å²) >= 11 is 0. The number of fused-ring (bicyclic) bond motifs is 4. The molecule has 0 radical (unpaired) electrons. The van der Waals surface area contributed by atoms with Gasteiger partial charge in [0.15, 0.2) is 0 Å². The van der Waals surface area contributed by atoms with Crippen molar-refractivity contribution in [1.29, 1.82) is 0 Å². The van der Waals surface area contributed by atoms with Gasteiger partial charge in [-0.05, 0) is 71.6 Å². The van der Waals surface area contributed by atoms with E-state index in [1.165, 1.54) is 34.8 Å². The van der Waals surface area contributed by atoms with E-state index in [2.05, 4.69) is 38.1 Å². The molecule has 0 fully saturated rings. The van der Waals surface area contributed by atoms with E-state index in [0.29, 0.717) is 5.92 Å². The molecule has 0 heterocycles. The molecule has 26 heavy (non-hydrogen) atoms. The number of rotatable bonds is 3. The maximum absolute atomic E-state index is 11.6. The third kappa shape index (κ3) is 2.44. The van der Waals surface area contributed by atoms with Crippen LogP contribution < -0.4 is 4.74 Å². The van der Waals surface area contributed by atoms with Gasteiger partial charge >= 0.3 is 5.97 Å². The number of benzene rings is 1. The second-order valence-corrected chi connectivity index (χ2v) is 7.98. The molecule has 3 heteroatoms. The zero-order valence-corrected chi connectivity index (χ0v) is 16.2. The van der Waals surface area contributed by atoms with Gasteiger partial charge in [-0.15, -0.1) is 0 Å². The minimum atomic E-state index is -0.161. The summed E-state index contributed by atoms with van der Waals surface area (Å²) in [6.07, 6.45) is 7.39. The highest BCUT2D eigenvalue weighted by Crippen LogP contribution is 2.59. The molecular formula is C23H28O3. The minimum Gasteiger partial charge on any atom is -0.497 e. The summed E-state index contributed by atoms with van der Waals surface area (Å²) in [5, 5.41) is 0. The molecule has 1 aromatic carbocycles. The van der Waals surface area contributed by atoms with Crippen LogP contribution in [0.25, 0.3) is 5.57 Å². The third-order valence-corrected chi connectivity index (χ3v) is 6.72. The molecule has 1 aromatic rings. The monoisotopic (exact) mass is 352 g/mol. The van der Waals surface area contributed by atoms with Gasteiger partial charge in [0.25, 0.3) is 0 Å². The second kappa shape index (κ2) is 6.29. The predicted molar refractivity (Wildman–Crippen MR) is 103 cm³/mol. The standard InChI is InChI=1S/C23H28O3/c1-5-23-11-10-19-18-7-6-17(25-4)13-16(18)12-14(2)22(19)20(23)8-9-21(23)26-15(3)24/h6-8,13-14,21H,5,9-12H2,1-4H3/t14-,21+,23+/m1/s1. The summed E-state index contributed by atoms with van der Waals surface area (Å²) in [5.41, 5.74) is 7.27. The Bertz CT molecular complexity index is 817. The van der Waals surface area contributed by atoms with Gasteiger partial charge < -0.3 is 9.47 Å². The van der Waals surface area contributed by atoms with Gasteiger partial charge in [-0.1, -0.05) is 26.0 Å². The Morgan fingerprint density at radius 1 is 1.35 bits per heavy atom. The van der Waals surface area contributed by atoms with Crippen LogP contribution in [0.2, 0.25) is 0 Å². The van der Waals surface area contributed by atoms with Crippen LogP contribution in [-0.2, 0) is 16.0 Å². The predicted octanol–water partition coefficient (Wildman–Crippen LogP) is 5.09. The SMILES string of the molecule is CC[C@]12CCC3=C(C1=CC[C@@H]2OC(C)=O)[C@H](C)Cc1cc(OC)ccc13. The van der Waals surface area contributed by atoms with Gasteiger partial charge in [-0.2, -0.15) is 0 Å². The zero-order valence-electron chi connectivity index (χ0n) is 16.2. The Kier molecular flexibility index (Phi) is 4.21. The van der Waals surface area contributed by atoms with Crippen molar-refractivity contribution in [3.8, 4) is 5.75 Å². The Balaban J connectivity index is 1.80. The van der Waals surface area contributed by atoms with Crippen molar-refractivity contribution in [1.82, 2.24) is 0 Å². The lowest BCUT2D eigenvalue weighted by Crippen LogP contribution is -2.39. The average Bonchev–Trinajstić information content (AvgIpc) is 2.99. The molecule has 3 atom stereocenters. The van der Waals surface area contributed by atoms with E-state index in [-0.39, 0.29) is 17.5 Å². The highest BCUT2D eigenvalue weighted by Gasteiger charge is 2.50. The summed E-state index contributed by atoms with van der Waals surface area (Å²) in [7, 11) is 1.73. The van der Waals surface area contributed by atoms with Gasteiger partial charge in [0.2, 0.25) is 0 Å². The first-order chi connectivity index (χ1) is 12.5. The molecular weight excluding hydrogens is 324 g/mol. The molecule has 0 unspecified atom stereocenters. The quantitative estimate of drug-likeness (QED) is 0.711. The molecule has 138 valence electrons. The topological polar surface area (TPSA) is 35.5 Å². The van der Waals surface area contributed by atoms with Gasteiger partial charge in [-0.25, -0.2) is 0 Å². The van der Waals surface area contributed by atoms with Crippen LogP contribution in [0, 0.1) is 11.3 Å². The smallest absolute Gasteiger partial charge is 0.302 e. The molecule has 0 spiro atoms. The number of methoxy groups -OCH3 is 1.